The molecule has 0 rings (SSSR count). The van der Waals surface area contributed by atoms with Gasteiger partial charge in [-0.2, -0.15) is 0 Å². The van der Waals surface area contributed by atoms with Crippen molar-refractivity contribution in [2.24, 2.45) is 0 Å². The van der Waals surface area contributed by atoms with Crippen LogP contribution in [0, 0.1) is 10.1 Å². The van der Waals surface area contributed by atoms with Crippen LogP contribution < -0.4 is 5.32 Å². The van der Waals surface area contributed by atoms with Crippen LogP contribution in [0.1, 0.15) is 6.42 Å². The van der Waals surface area contributed by atoms with Gasteiger partial charge in [-0.1, -0.05) is 0 Å². The van der Waals surface area contributed by atoms with Crippen molar-refractivity contribution >= 4 is 0 Å². The summed E-state index contributed by atoms with van der Waals surface area (Å²) in [7, 11) is 1.78. The number of nitrogens with zero attached hydrogens (tertiary/aromatic N) is 1. The van der Waals surface area contributed by atoms with E-state index in [2.05, 4.69) is 5.32 Å². The fourth-order valence-electron chi connectivity index (χ4n) is 0.385. The Morgan fingerprint density at radius 2 is 2.38 bits per heavy atom. The molecule has 0 heterocycles. The molecule has 4 heteroatoms. The Bertz CT molecular complexity index is 74.4. The van der Waals surface area contributed by atoms with Crippen LogP contribution >= 0.6 is 0 Å². The molecule has 0 aromatic heterocycles. The van der Waals surface area contributed by atoms with Gasteiger partial charge in [-0.3, -0.25) is 10.1 Å². The Kier molecular flexibility index (Phi) is 4.16. The third kappa shape index (κ3) is 5.36. The van der Waals surface area contributed by atoms with E-state index in [0.717, 1.165) is 6.54 Å². The molecule has 0 aliphatic rings. The number of hydrogen-bond donors (Lipinski definition) is 1. The molecule has 0 aliphatic carbocycles. The summed E-state index contributed by atoms with van der Waals surface area (Å²) in [6.45, 7) is 0.793. The van der Waals surface area contributed by atoms with Gasteiger partial charge in [0.05, 0.1) is 0 Å². The van der Waals surface area contributed by atoms with Crippen molar-refractivity contribution in [3.8, 4) is 0 Å². The predicted molar refractivity (Wildman–Crippen MR) is 30.4 cm³/mol. The minimum atomic E-state index is -0.308. The molecule has 0 aromatic carbocycles. The lowest BCUT2D eigenvalue weighted by Gasteiger charge is -1.91. The van der Waals surface area contributed by atoms with Gasteiger partial charge in [0, 0.05) is 17.9 Å². The molecule has 0 radical (unpaired) electrons. The summed E-state index contributed by atoms with van der Waals surface area (Å²) < 4.78 is 0. The standard InChI is InChI=1S/C4H10N2O2/c1-5-3-2-4-6(7)8/h5H,2-4H2,1H3. The molecule has 0 saturated heterocycles. The van der Waals surface area contributed by atoms with Crippen LogP contribution in [0.3, 0.4) is 0 Å². The Morgan fingerprint density at radius 1 is 1.75 bits per heavy atom. The van der Waals surface area contributed by atoms with E-state index >= 15 is 0 Å². The van der Waals surface area contributed by atoms with Crippen molar-refractivity contribution in [2.75, 3.05) is 20.1 Å². The van der Waals surface area contributed by atoms with Crippen LogP contribution in [0.4, 0.5) is 0 Å². The van der Waals surface area contributed by atoms with Gasteiger partial charge in [0.1, 0.15) is 0 Å². The number of rotatable bonds is 4. The molecule has 48 valence electrons. The lowest BCUT2D eigenvalue weighted by Crippen LogP contribution is -2.12. The third-order valence-electron chi connectivity index (χ3n) is 0.767. The molecule has 0 aliphatic heterocycles. The van der Waals surface area contributed by atoms with Gasteiger partial charge in [0.2, 0.25) is 6.54 Å². The zero-order valence-corrected chi connectivity index (χ0v) is 4.89. The molecule has 0 unspecified atom stereocenters. The Labute approximate surface area is 48.0 Å². The molecule has 0 fully saturated rings. The molecule has 0 atom stereocenters. The third-order valence-corrected chi connectivity index (χ3v) is 0.767. The molecular weight excluding hydrogens is 108 g/mol. The molecule has 0 saturated carbocycles. The van der Waals surface area contributed by atoms with Gasteiger partial charge in [-0.25, -0.2) is 0 Å². The SMILES string of the molecule is CNCCC[N+](=O)[O-]. The lowest BCUT2D eigenvalue weighted by atomic mass is 10.4. The van der Waals surface area contributed by atoms with Gasteiger partial charge in [-0.05, 0) is 7.05 Å². The van der Waals surface area contributed by atoms with E-state index < -0.39 is 0 Å². The zero-order valence-electron chi connectivity index (χ0n) is 4.89. The highest BCUT2D eigenvalue weighted by Crippen LogP contribution is 1.75. The Morgan fingerprint density at radius 3 is 2.75 bits per heavy atom. The van der Waals surface area contributed by atoms with Crippen LogP contribution in [0.25, 0.3) is 0 Å². The Hall–Kier alpha value is -0.640. The normalized spacial score (nSPS) is 9.12. The number of hydrogen-bond acceptors (Lipinski definition) is 3. The topological polar surface area (TPSA) is 55.2 Å². The minimum Gasteiger partial charge on any atom is -0.320 e. The van der Waals surface area contributed by atoms with Crippen LogP contribution in [-0.4, -0.2) is 25.1 Å². The molecule has 1 N–H and O–H groups in total. The maximum absolute atomic E-state index is 9.65. The second kappa shape index (κ2) is 4.52. The second-order valence-electron chi connectivity index (χ2n) is 1.51. The van der Waals surface area contributed by atoms with Crippen LogP contribution in [0.15, 0.2) is 0 Å². The molecule has 0 bridgehead atoms. The quantitative estimate of drug-likeness (QED) is 0.318. The largest absolute Gasteiger partial charge is 0.320 e. The Balaban J connectivity index is 2.82. The molecular formula is C4H10N2O2. The molecule has 0 spiro atoms. The maximum atomic E-state index is 9.65. The van der Waals surface area contributed by atoms with E-state index in [9.17, 15) is 10.1 Å². The molecule has 0 amide bonds. The fraction of sp³-hybridized carbons (Fsp3) is 1.00. The van der Waals surface area contributed by atoms with Crippen LogP contribution in [0.5, 0.6) is 0 Å². The highest BCUT2D eigenvalue weighted by Gasteiger charge is 1.92. The summed E-state index contributed by atoms with van der Waals surface area (Å²) in [5.41, 5.74) is 0. The average Bonchev–Trinajstić information content (AvgIpc) is 1.66. The smallest absolute Gasteiger partial charge is 0.205 e. The van der Waals surface area contributed by atoms with Gasteiger partial charge in [0.25, 0.3) is 0 Å². The first-order valence-electron chi connectivity index (χ1n) is 2.53. The maximum Gasteiger partial charge on any atom is 0.205 e. The predicted octanol–water partition coefficient (Wildman–Crippen LogP) is -0.127. The summed E-state index contributed by atoms with van der Waals surface area (Å²) in [6, 6.07) is 0. The first-order chi connectivity index (χ1) is 3.77. The lowest BCUT2D eigenvalue weighted by molar-refractivity contribution is -0.480. The molecule has 8 heavy (non-hydrogen) atoms. The van der Waals surface area contributed by atoms with Crippen molar-refractivity contribution in [3.63, 3.8) is 0 Å². The van der Waals surface area contributed by atoms with E-state index in [1.807, 2.05) is 0 Å². The summed E-state index contributed by atoms with van der Waals surface area (Å²) in [4.78, 5) is 9.34. The summed E-state index contributed by atoms with van der Waals surface area (Å²) in [5, 5.41) is 12.5. The number of nitrogens with one attached hydrogen (secondary N) is 1. The molecule has 4 nitrogen and oxygen atoms in total. The first kappa shape index (κ1) is 7.36. The van der Waals surface area contributed by atoms with Crippen LogP contribution in [-0.2, 0) is 0 Å². The van der Waals surface area contributed by atoms with E-state index in [1.54, 1.807) is 7.05 Å². The van der Waals surface area contributed by atoms with Crippen molar-refractivity contribution in [1.29, 1.82) is 0 Å². The summed E-state index contributed by atoms with van der Waals surface area (Å²) in [5.74, 6) is 0. The molecule has 0 aromatic rings. The first-order valence-corrected chi connectivity index (χ1v) is 2.53. The van der Waals surface area contributed by atoms with Crippen molar-refractivity contribution in [1.82, 2.24) is 5.32 Å². The fourth-order valence-corrected chi connectivity index (χ4v) is 0.385. The monoisotopic (exact) mass is 118 g/mol. The van der Waals surface area contributed by atoms with Crippen molar-refractivity contribution < 1.29 is 4.92 Å². The van der Waals surface area contributed by atoms with E-state index in [4.69, 9.17) is 0 Å². The highest BCUT2D eigenvalue weighted by atomic mass is 16.6. The van der Waals surface area contributed by atoms with Gasteiger partial charge >= 0.3 is 0 Å². The minimum absolute atomic E-state index is 0.0703. The zero-order chi connectivity index (χ0) is 6.41. The van der Waals surface area contributed by atoms with Crippen molar-refractivity contribution in [3.05, 3.63) is 10.1 Å². The average molecular weight is 118 g/mol. The van der Waals surface area contributed by atoms with Gasteiger partial charge < -0.3 is 5.32 Å². The number of nitro groups is 1. The van der Waals surface area contributed by atoms with Crippen LogP contribution in [0.2, 0.25) is 0 Å². The van der Waals surface area contributed by atoms with Gasteiger partial charge in [-0.15, -0.1) is 0 Å². The highest BCUT2D eigenvalue weighted by molar-refractivity contribution is 4.36. The van der Waals surface area contributed by atoms with E-state index in [1.165, 1.54) is 0 Å². The van der Waals surface area contributed by atoms with E-state index in [0.29, 0.717) is 6.42 Å². The van der Waals surface area contributed by atoms with E-state index in [-0.39, 0.29) is 11.5 Å². The van der Waals surface area contributed by atoms with Gasteiger partial charge in [0.15, 0.2) is 0 Å². The summed E-state index contributed by atoms with van der Waals surface area (Å²) >= 11 is 0. The summed E-state index contributed by atoms with van der Waals surface area (Å²) in [6.07, 6.45) is 0.615. The van der Waals surface area contributed by atoms with Crippen molar-refractivity contribution in [2.45, 2.75) is 6.42 Å². The second-order valence-corrected chi connectivity index (χ2v) is 1.51.